The minimum absolute atomic E-state index is 0.570. The van der Waals surface area contributed by atoms with Crippen molar-refractivity contribution in [2.24, 2.45) is 5.92 Å². The Bertz CT molecular complexity index is 261. The van der Waals surface area contributed by atoms with Gasteiger partial charge in [-0.25, -0.2) is 0 Å². The van der Waals surface area contributed by atoms with Crippen LogP contribution in [0, 0.1) is 5.92 Å². The minimum atomic E-state index is 0.570. The van der Waals surface area contributed by atoms with Crippen molar-refractivity contribution in [2.45, 2.75) is 26.7 Å². The van der Waals surface area contributed by atoms with Crippen LogP contribution in [0.15, 0.2) is 23.2 Å². The fourth-order valence-electron chi connectivity index (χ4n) is 1.86. The summed E-state index contributed by atoms with van der Waals surface area (Å²) < 4.78 is 11.2. The van der Waals surface area contributed by atoms with Gasteiger partial charge in [-0.3, -0.25) is 0 Å². The molecule has 2 rings (SSSR count). The van der Waals surface area contributed by atoms with Gasteiger partial charge in [0, 0.05) is 0 Å². The van der Waals surface area contributed by atoms with Gasteiger partial charge >= 0.3 is 0 Å². The first-order chi connectivity index (χ1) is 6.29. The topological polar surface area (TPSA) is 18.5 Å². The molecule has 1 aliphatic heterocycles. The molecule has 0 radical (unpaired) electrons. The van der Waals surface area contributed by atoms with Gasteiger partial charge in [-0.1, -0.05) is 13.8 Å². The maximum absolute atomic E-state index is 5.64. The molecule has 0 unspecified atom stereocenters. The molecule has 2 nitrogen and oxygen atoms in total. The molecule has 0 saturated carbocycles. The summed E-state index contributed by atoms with van der Waals surface area (Å²) in [6.45, 7) is 5.82. The van der Waals surface area contributed by atoms with Crippen molar-refractivity contribution < 1.29 is 9.47 Å². The molecule has 0 amide bonds. The summed E-state index contributed by atoms with van der Waals surface area (Å²) in [7, 11) is 0. The molecule has 0 aromatic rings. The number of hydrogen-bond acceptors (Lipinski definition) is 2. The lowest BCUT2D eigenvalue weighted by Gasteiger charge is -2.28. The van der Waals surface area contributed by atoms with Crippen molar-refractivity contribution in [3.63, 3.8) is 0 Å². The Hall–Kier alpha value is -0.920. The van der Waals surface area contributed by atoms with E-state index in [0.29, 0.717) is 19.1 Å². The molecule has 0 atom stereocenters. The SMILES string of the molecule is CC(C)C1=C2OCCOC2=CCC1. The predicted octanol–water partition coefficient (Wildman–Crippen LogP) is 2.62. The van der Waals surface area contributed by atoms with E-state index in [1.165, 1.54) is 5.57 Å². The number of fused-ring (bicyclic) bond motifs is 1. The molecule has 2 heteroatoms. The van der Waals surface area contributed by atoms with Crippen LogP contribution in [0.2, 0.25) is 0 Å². The van der Waals surface area contributed by atoms with Crippen molar-refractivity contribution in [1.82, 2.24) is 0 Å². The Labute approximate surface area is 79.2 Å². The molecule has 1 saturated heterocycles. The number of hydrogen-bond donors (Lipinski definition) is 0. The smallest absolute Gasteiger partial charge is 0.160 e. The Kier molecular flexibility index (Phi) is 2.30. The third-order valence-electron chi connectivity index (χ3n) is 2.54. The third kappa shape index (κ3) is 1.58. The summed E-state index contributed by atoms with van der Waals surface area (Å²) in [4.78, 5) is 0. The first-order valence-electron chi connectivity index (χ1n) is 4.98. The van der Waals surface area contributed by atoms with E-state index in [4.69, 9.17) is 9.47 Å². The van der Waals surface area contributed by atoms with Gasteiger partial charge in [0.1, 0.15) is 13.2 Å². The lowest BCUT2D eigenvalue weighted by Crippen LogP contribution is -2.19. The molecular weight excluding hydrogens is 164 g/mol. The highest BCUT2D eigenvalue weighted by atomic mass is 16.6. The van der Waals surface area contributed by atoms with Crippen molar-refractivity contribution in [3.8, 4) is 0 Å². The van der Waals surface area contributed by atoms with E-state index in [1.54, 1.807) is 0 Å². The standard InChI is InChI=1S/C11H16O2/c1-8(2)9-4-3-5-10-11(9)13-7-6-12-10/h5,8H,3-4,6-7H2,1-2H3. The van der Waals surface area contributed by atoms with Crippen LogP contribution in [-0.2, 0) is 9.47 Å². The monoisotopic (exact) mass is 180 g/mol. The fourth-order valence-corrected chi connectivity index (χ4v) is 1.86. The van der Waals surface area contributed by atoms with E-state index in [9.17, 15) is 0 Å². The number of allylic oxidation sites excluding steroid dienone is 2. The molecule has 1 fully saturated rings. The Morgan fingerprint density at radius 3 is 2.77 bits per heavy atom. The summed E-state index contributed by atoms with van der Waals surface area (Å²) in [5.41, 5.74) is 1.41. The Morgan fingerprint density at radius 1 is 1.23 bits per heavy atom. The lowest BCUT2D eigenvalue weighted by atomic mass is 9.92. The number of rotatable bonds is 1. The predicted molar refractivity (Wildman–Crippen MR) is 51.1 cm³/mol. The zero-order valence-corrected chi connectivity index (χ0v) is 8.30. The van der Waals surface area contributed by atoms with Crippen LogP contribution in [0.3, 0.4) is 0 Å². The van der Waals surface area contributed by atoms with Gasteiger partial charge in [0.05, 0.1) is 0 Å². The molecule has 0 aromatic carbocycles. The second kappa shape index (κ2) is 3.44. The minimum Gasteiger partial charge on any atom is -0.486 e. The first-order valence-corrected chi connectivity index (χ1v) is 4.98. The molecule has 1 heterocycles. The maximum atomic E-state index is 5.64. The van der Waals surface area contributed by atoms with E-state index >= 15 is 0 Å². The van der Waals surface area contributed by atoms with Crippen LogP contribution in [0.1, 0.15) is 26.7 Å². The van der Waals surface area contributed by atoms with Crippen molar-refractivity contribution in [3.05, 3.63) is 23.2 Å². The van der Waals surface area contributed by atoms with Crippen molar-refractivity contribution in [1.29, 1.82) is 0 Å². The van der Waals surface area contributed by atoms with Gasteiger partial charge in [0.25, 0.3) is 0 Å². The Balaban J connectivity index is 2.30. The highest BCUT2D eigenvalue weighted by molar-refractivity contribution is 5.32. The molecule has 0 spiro atoms. The van der Waals surface area contributed by atoms with Crippen LogP contribution in [0.25, 0.3) is 0 Å². The summed E-state index contributed by atoms with van der Waals surface area (Å²) in [6.07, 6.45) is 4.36. The average Bonchev–Trinajstić information content (AvgIpc) is 2.17. The lowest BCUT2D eigenvalue weighted by molar-refractivity contribution is 0.0537. The van der Waals surface area contributed by atoms with E-state index < -0.39 is 0 Å². The molecule has 0 aromatic heterocycles. The van der Waals surface area contributed by atoms with Crippen LogP contribution in [0.4, 0.5) is 0 Å². The molecule has 0 N–H and O–H groups in total. The number of ether oxygens (including phenoxy) is 2. The van der Waals surface area contributed by atoms with Crippen LogP contribution in [-0.4, -0.2) is 13.2 Å². The molecule has 0 bridgehead atoms. The van der Waals surface area contributed by atoms with Gasteiger partial charge in [-0.05, 0) is 30.4 Å². The van der Waals surface area contributed by atoms with Gasteiger partial charge in [0.15, 0.2) is 11.5 Å². The quantitative estimate of drug-likeness (QED) is 0.617. The first kappa shape index (κ1) is 8.67. The molecule has 2 aliphatic rings. The van der Waals surface area contributed by atoms with E-state index in [0.717, 1.165) is 24.4 Å². The second-order valence-corrected chi connectivity index (χ2v) is 3.81. The normalized spacial score (nSPS) is 21.9. The Morgan fingerprint density at radius 2 is 2.00 bits per heavy atom. The van der Waals surface area contributed by atoms with Crippen LogP contribution < -0.4 is 0 Å². The zero-order valence-electron chi connectivity index (χ0n) is 8.30. The largest absolute Gasteiger partial charge is 0.486 e. The third-order valence-corrected chi connectivity index (χ3v) is 2.54. The van der Waals surface area contributed by atoms with E-state index in [1.807, 2.05) is 0 Å². The summed E-state index contributed by atoms with van der Waals surface area (Å²) in [5.74, 6) is 2.56. The van der Waals surface area contributed by atoms with Gasteiger partial charge in [-0.15, -0.1) is 0 Å². The molecule has 72 valence electrons. The van der Waals surface area contributed by atoms with Crippen molar-refractivity contribution in [2.75, 3.05) is 13.2 Å². The molecule has 13 heavy (non-hydrogen) atoms. The van der Waals surface area contributed by atoms with Gasteiger partial charge < -0.3 is 9.47 Å². The summed E-state index contributed by atoms with van der Waals surface area (Å²) in [5, 5.41) is 0. The summed E-state index contributed by atoms with van der Waals surface area (Å²) in [6, 6.07) is 0. The second-order valence-electron chi connectivity index (χ2n) is 3.81. The van der Waals surface area contributed by atoms with E-state index in [2.05, 4.69) is 19.9 Å². The fraction of sp³-hybridized carbons (Fsp3) is 0.636. The zero-order chi connectivity index (χ0) is 9.26. The van der Waals surface area contributed by atoms with Gasteiger partial charge in [0.2, 0.25) is 0 Å². The van der Waals surface area contributed by atoms with Gasteiger partial charge in [-0.2, -0.15) is 0 Å². The summed E-state index contributed by atoms with van der Waals surface area (Å²) >= 11 is 0. The average molecular weight is 180 g/mol. The highest BCUT2D eigenvalue weighted by Gasteiger charge is 2.23. The van der Waals surface area contributed by atoms with Crippen LogP contribution >= 0.6 is 0 Å². The van der Waals surface area contributed by atoms with E-state index in [-0.39, 0.29) is 0 Å². The molecular formula is C11H16O2. The highest BCUT2D eigenvalue weighted by Crippen LogP contribution is 2.33. The maximum Gasteiger partial charge on any atom is 0.160 e. The molecule has 1 aliphatic carbocycles. The van der Waals surface area contributed by atoms with Crippen molar-refractivity contribution >= 4 is 0 Å². The van der Waals surface area contributed by atoms with Crippen LogP contribution in [0.5, 0.6) is 0 Å².